The molecule has 0 aliphatic carbocycles. The molecule has 2 rings (SSSR count). The lowest BCUT2D eigenvalue weighted by molar-refractivity contribution is 0.433. The molecule has 0 spiro atoms. The van der Waals surface area contributed by atoms with Gasteiger partial charge in [-0.3, -0.25) is 4.98 Å². The average Bonchev–Trinajstić information content (AvgIpc) is 2.30. The van der Waals surface area contributed by atoms with Crippen LogP contribution in [0.15, 0.2) is 22.8 Å². The van der Waals surface area contributed by atoms with Gasteiger partial charge >= 0.3 is 6.01 Å². The molecule has 0 atom stereocenters. The Bertz CT molecular complexity index is 554. The molecule has 6 heteroatoms. The highest BCUT2D eigenvalue weighted by Gasteiger charge is 2.08. The number of aryl methyl sites for hydroxylation is 2. The number of anilines is 1. The molecule has 0 saturated heterocycles. The Hall–Kier alpha value is -1.69. The minimum absolute atomic E-state index is 0.210. The molecule has 0 fully saturated rings. The fourth-order valence-electron chi connectivity index (χ4n) is 1.50. The number of nitrogen functional groups attached to an aromatic ring is 1. The summed E-state index contributed by atoms with van der Waals surface area (Å²) in [5.74, 6) is 1.01. The van der Waals surface area contributed by atoms with Crippen molar-refractivity contribution in [3.05, 3.63) is 34.2 Å². The van der Waals surface area contributed by atoms with Gasteiger partial charge in [0.1, 0.15) is 10.4 Å². The second-order valence-electron chi connectivity index (χ2n) is 3.75. The summed E-state index contributed by atoms with van der Waals surface area (Å²) >= 11 is 3.25. The molecule has 94 valence electrons. The summed E-state index contributed by atoms with van der Waals surface area (Å²) in [6.07, 6.45) is 0.778. The van der Waals surface area contributed by atoms with Crippen molar-refractivity contribution in [2.75, 3.05) is 5.73 Å². The summed E-state index contributed by atoms with van der Waals surface area (Å²) in [4.78, 5) is 12.5. The highest BCUT2D eigenvalue weighted by molar-refractivity contribution is 9.10. The molecule has 0 unspecified atom stereocenters. The minimum Gasteiger partial charge on any atom is -0.422 e. The van der Waals surface area contributed by atoms with Crippen LogP contribution in [0.5, 0.6) is 11.8 Å². The summed E-state index contributed by atoms with van der Waals surface area (Å²) < 4.78 is 6.21. The molecule has 2 aromatic rings. The van der Waals surface area contributed by atoms with Crippen molar-refractivity contribution in [1.82, 2.24) is 15.0 Å². The molecule has 0 aliphatic rings. The number of ether oxygens (including phenoxy) is 1. The Morgan fingerprint density at radius 3 is 2.72 bits per heavy atom. The number of hydrogen-bond acceptors (Lipinski definition) is 5. The zero-order chi connectivity index (χ0) is 13.1. The van der Waals surface area contributed by atoms with Crippen molar-refractivity contribution in [1.29, 1.82) is 0 Å². The zero-order valence-corrected chi connectivity index (χ0v) is 11.7. The van der Waals surface area contributed by atoms with Crippen molar-refractivity contribution < 1.29 is 4.74 Å². The summed E-state index contributed by atoms with van der Waals surface area (Å²) in [6.45, 7) is 3.96. The number of halogens is 1. The Balaban J connectivity index is 2.33. The minimum atomic E-state index is 0.210. The predicted octanol–water partition coefficient (Wildman–Crippen LogP) is 2.88. The monoisotopic (exact) mass is 308 g/mol. The van der Waals surface area contributed by atoms with Crippen LogP contribution in [0, 0.1) is 6.92 Å². The van der Waals surface area contributed by atoms with Crippen molar-refractivity contribution in [2.45, 2.75) is 20.3 Å². The summed E-state index contributed by atoms with van der Waals surface area (Å²) in [5, 5.41) is 0. The van der Waals surface area contributed by atoms with E-state index >= 15 is 0 Å². The fraction of sp³-hybridized carbons (Fsp3) is 0.250. The van der Waals surface area contributed by atoms with Crippen LogP contribution in [0.2, 0.25) is 0 Å². The van der Waals surface area contributed by atoms with E-state index in [1.165, 1.54) is 0 Å². The van der Waals surface area contributed by atoms with E-state index in [0.717, 1.165) is 17.8 Å². The Morgan fingerprint density at radius 2 is 2.06 bits per heavy atom. The van der Waals surface area contributed by atoms with Crippen LogP contribution in [0.3, 0.4) is 0 Å². The summed E-state index contributed by atoms with van der Waals surface area (Å²) in [7, 11) is 0. The van der Waals surface area contributed by atoms with Gasteiger partial charge in [0, 0.05) is 11.8 Å². The number of nitrogens with zero attached hydrogens (tertiary/aromatic N) is 3. The van der Waals surface area contributed by atoms with Gasteiger partial charge in [-0.25, -0.2) is 0 Å². The summed E-state index contributed by atoms with van der Waals surface area (Å²) in [5.41, 5.74) is 7.46. The van der Waals surface area contributed by atoms with Crippen LogP contribution < -0.4 is 10.5 Å². The van der Waals surface area contributed by atoms with E-state index in [-0.39, 0.29) is 6.01 Å². The molecule has 0 bridgehead atoms. The van der Waals surface area contributed by atoms with Crippen LogP contribution in [0.25, 0.3) is 0 Å². The molecule has 2 aromatic heterocycles. The molecule has 0 aromatic carbocycles. The number of hydrogen-bond donors (Lipinski definition) is 1. The van der Waals surface area contributed by atoms with E-state index in [2.05, 4.69) is 30.9 Å². The normalized spacial score (nSPS) is 10.4. The largest absolute Gasteiger partial charge is 0.422 e. The van der Waals surface area contributed by atoms with Gasteiger partial charge < -0.3 is 10.5 Å². The second-order valence-corrected chi connectivity index (χ2v) is 4.56. The standard InChI is InChI=1S/C12H13BrN4O/c1-3-8-9(5-4-7(2)15-8)18-12-16-10(13)6-11(14)17-12/h4-6H,3H2,1-2H3,(H2,14,16,17). The number of aromatic nitrogens is 3. The Labute approximate surface area is 114 Å². The lowest BCUT2D eigenvalue weighted by atomic mass is 10.2. The van der Waals surface area contributed by atoms with Gasteiger partial charge in [0.2, 0.25) is 0 Å². The van der Waals surface area contributed by atoms with E-state index < -0.39 is 0 Å². The quantitative estimate of drug-likeness (QED) is 0.883. The van der Waals surface area contributed by atoms with Crippen molar-refractivity contribution in [2.24, 2.45) is 0 Å². The third-order valence-corrected chi connectivity index (χ3v) is 2.71. The zero-order valence-electron chi connectivity index (χ0n) is 10.1. The lowest BCUT2D eigenvalue weighted by Gasteiger charge is -2.09. The predicted molar refractivity (Wildman–Crippen MR) is 72.6 cm³/mol. The number of rotatable bonds is 3. The SMILES string of the molecule is CCc1nc(C)ccc1Oc1nc(N)cc(Br)n1. The van der Waals surface area contributed by atoms with Gasteiger partial charge in [-0.2, -0.15) is 9.97 Å². The van der Waals surface area contributed by atoms with E-state index in [4.69, 9.17) is 10.5 Å². The molecule has 18 heavy (non-hydrogen) atoms. The van der Waals surface area contributed by atoms with Crippen LogP contribution in [0.4, 0.5) is 5.82 Å². The maximum absolute atomic E-state index is 5.63. The first-order chi connectivity index (χ1) is 8.58. The van der Waals surface area contributed by atoms with E-state index in [9.17, 15) is 0 Å². The highest BCUT2D eigenvalue weighted by atomic mass is 79.9. The van der Waals surface area contributed by atoms with Crippen LogP contribution in [0.1, 0.15) is 18.3 Å². The smallest absolute Gasteiger partial charge is 0.325 e. The van der Waals surface area contributed by atoms with Gasteiger partial charge in [0.25, 0.3) is 0 Å². The second kappa shape index (κ2) is 5.30. The van der Waals surface area contributed by atoms with Gasteiger partial charge in [-0.15, -0.1) is 0 Å². The first kappa shape index (κ1) is 12.8. The number of nitrogens with two attached hydrogens (primary N) is 1. The molecule has 2 heterocycles. The molecule has 5 nitrogen and oxygen atoms in total. The van der Waals surface area contributed by atoms with Crippen LogP contribution in [-0.2, 0) is 6.42 Å². The molecule has 0 radical (unpaired) electrons. The van der Waals surface area contributed by atoms with E-state index in [1.54, 1.807) is 6.07 Å². The first-order valence-electron chi connectivity index (χ1n) is 5.53. The molecule has 0 saturated carbocycles. The topological polar surface area (TPSA) is 73.9 Å². The first-order valence-corrected chi connectivity index (χ1v) is 6.32. The molecular weight excluding hydrogens is 296 g/mol. The highest BCUT2D eigenvalue weighted by Crippen LogP contribution is 2.24. The number of pyridine rings is 1. The lowest BCUT2D eigenvalue weighted by Crippen LogP contribution is -2.00. The maximum Gasteiger partial charge on any atom is 0.325 e. The van der Waals surface area contributed by atoms with Crippen molar-refractivity contribution in [3.63, 3.8) is 0 Å². The molecule has 0 aliphatic heterocycles. The Morgan fingerprint density at radius 1 is 1.28 bits per heavy atom. The third-order valence-electron chi connectivity index (χ3n) is 2.30. The molecule has 0 amide bonds. The van der Waals surface area contributed by atoms with Crippen molar-refractivity contribution >= 4 is 21.7 Å². The van der Waals surface area contributed by atoms with Crippen molar-refractivity contribution in [3.8, 4) is 11.8 Å². The third kappa shape index (κ3) is 2.95. The maximum atomic E-state index is 5.63. The van der Waals surface area contributed by atoms with E-state index in [0.29, 0.717) is 16.2 Å². The van der Waals surface area contributed by atoms with Crippen LogP contribution in [-0.4, -0.2) is 15.0 Å². The summed E-state index contributed by atoms with van der Waals surface area (Å²) in [6, 6.07) is 5.57. The van der Waals surface area contributed by atoms with E-state index in [1.807, 2.05) is 26.0 Å². The molecular formula is C12H13BrN4O. The Kier molecular flexibility index (Phi) is 3.76. The fourth-order valence-corrected chi connectivity index (χ4v) is 1.89. The van der Waals surface area contributed by atoms with Gasteiger partial charge in [0.15, 0.2) is 5.75 Å². The van der Waals surface area contributed by atoms with Gasteiger partial charge in [0.05, 0.1) is 5.69 Å². The molecule has 2 N–H and O–H groups in total. The van der Waals surface area contributed by atoms with Gasteiger partial charge in [-0.1, -0.05) is 6.92 Å². The average molecular weight is 309 g/mol. The van der Waals surface area contributed by atoms with Gasteiger partial charge in [-0.05, 0) is 41.4 Å². The van der Waals surface area contributed by atoms with Crippen LogP contribution >= 0.6 is 15.9 Å².